The van der Waals surface area contributed by atoms with Gasteiger partial charge in [-0.2, -0.15) is 0 Å². The largest absolute Gasteiger partial charge is 0.393 e. The van der Waals surface area contributed by atoms with Crippen molar-refractivity contribution < 1.29 is 14.7 Å². The van der Waals surface area contributed by atoms with Gasteiger partial charge in [-0.1, -0.05) is 13.8 Å². The number of nitrogens with one attached hydrogen (secondary N) is 1. The Kier molecular flexibility index (Phi) is 5.40. The molecule has 7 nitrogen and oxygen atoms in total. The molecule has 0 atom stereocenters. The molecule has 7 heteroatoms. The van der Waals surface area contributed by atoms with E-state index in [4.69, 9.17) is 5.73 Å². The number of nitrogens with two attached hydrogens (primary N) is 1. The van der Waals surface area contributed by atoms with Crippen LogP contribution in [-0.4, -0.2) is 38.5 Å². The van der Waals surface area contributed by atoms with Crippen LogP contribution in [-0.2, 0) is 11.2 Å². The number of amides is 1. The standard InChI is InChI=1S/C26H32N4O3/c1-26(2)13-21-23(22(32)14-26)19-4-3-11-28-25(19)30(21)16-7-10-18(24(27)33)20(12-16)29-15-5-8-17(31)9-6-15/h3-4,11-12,15,17,29,31H,5-10,13-14H2,1-2H3,(H2,27,33). The summed E-state index contributed by atoms with van der Waals surface area (Å²) in [5.41, 5.74) is 10.6. The van der Waals surface area contributed by atoms with Gasteiger partial charge < -0.3 is 20.7 Å². The minimum atomic E-state index is -0.405. The van der Waals surface area contributed by atoms with Crippen LogP contribution in [0.5, 0.6) is 0 Å². The molecule has 3 aliphatic rings. The average molecular weight is 449 g/mol. The Morgan fingerprint density at radius 2 is 1.97 bits per heavy atom. The minimum absolute atomic E-state index is 0.121. The van der Waals surface area contributed by atoms with Gasteiger partial charge in [-0.25, -0.2) is 4.98 Å². The highest BCUT2D eigenvalue weighted by atomic mass is 16.3. The maximum atomic E-state index is 13.1. The van der Waals surface area contributed by atoms with E-state index in [9.17, 15) is 14.7 Å². The van der Waals surface area contributed by atoms with Crippen molar-refractivity contribution in [2.75, 3.05) is 0 Å². The van der Waals surface area contributed by atoms with Crippen molar-refractivity contribution >= 4 is 28.4 Å². The van der Waals surface area contributed by atoms with Gasteiger partial charge in [-0.05, 0) is 68.6 Å². The number of fused-ring (bicyclic) bond motifs is 3. The highest BCUT2D eigenvalue weighted by Crippen LogP contribution is 2.42. The monoisotopic (exact) mass is 448 g/mol. The number of nitrogens with zero attached hydrogens (tertiary/aromatic N) is 2. The Balaban J connectivity index is 1.61. The van der Waals surface area contributed by atoms with Gasteiger partial charge in [0.15, 0.2) is 5.78 Å². The molecule has 1 saturated carbocycles. The van der Waals surface area contributed by atoms with E-state index in [-0.39, 0.29) is 23.3 Å². The maximum absolute atomic E-state index is 13.1. The van der Waals surface area contributed by atoms with Crippen molar-refractivity contribution in [3.05, 3.63) is 46.9 Å². The predicted molar refractivity (Wildman–Crippen MR) is 127 cm³/mol. The lowest BCUT2D eigenvalue weighted by atomic mass is 9.75. The third-order valence-electron chi connectivity index (χ3n) is 7.30. The highest BCUT2D eigenvalue weighted by Gasteiger charge is 2.37. The van der Waals surface area contributed by atoms with E-state index in [0.717, 1.165) is 65.8 Å². The second-order valence-corrected chi connectivity index (χ2v) is 10.5. The van der Waals surface area contributed by atoms with Gasteiger partial charge in [0.05, 0.1) is 6.10 Å². The van der Waals surface area contributed by atoms with Gasteiger partial charge in [-0.15, -0.1) is 0 Å². The average Bonchev–Trinajstić information content (AvgIpc) is 3.08. The molecular weight excluding hydrogens is 416 g/mol. The van der Waals surface area contributed by atoms with Crippen molar-refractivity contribution in [2.45, 2.75) is 77.4 Å². The molecule has 3 aliphatic carbocycles. The number of primary amides is 1. The van der Waals surface area contributed by atoms with Crippen LogP contribution >= 0.6 is 0 Å². The van der Waals surface area contributed by atoms with Crippen LogP contribution in [0.2, 0.25) is 0 Å². The number of aliphatic hydroxyl groups excluding tert-OH is 1. The Morgan fingerprint density at radius 3 is 2.70 bits per heavy atom. The number of hydrogen-bond donors (Lipinski definition) is 3. The first-order valence-electron chi connectivity index (χ1n) is 11.9. The summed E-state index contributed by atoms with van der Waals surface area (Å²) in [7, 11) is 0. The molecule has 1 fully saturated rings. The molecule has 2 aromatic rings. The number of aromatic nitrogens is 2. The van der Waals surface area contributed by atoms with Crippen molar-refractivity contribution in [1.82, 2.24) is 14.9 Å². The number of allylic oxidation sites excluding steroid dienone is 2. The third-order valence-corrected chi connectivity index (χ3v) is 7.30. The van der Waals surface area contributed by atoms with Crippen LogP contribution in [0.25, 0.3) is 16.7 Å². The van der Waals surface area contributed by atoms with Crippen LogP contribution in [0.3, 0.4) is 0 Å². The van der Waals surface area contributed by atoms with Gasteiger partial charge in [0.1, 0.15) is 5.65 Å². The second kappa shape index (κ2) is 8.13. The predicted octanol–water partition coefficient (Wildman–Crippen LogP) is 3.46. The number of rotatable bonds is 4. The molecule has 0 saturated heterocycles. The second-order valence-electron chi connectivity index (χ2n) is 10.5. The van der Waals surface area contributed by atoms with Crippen LogP contribution in [0.15, 0.2) is 35.7 Å². The molecule has 0 radical (unpaired) electrons. The zero-order valence-electron chi connectivity index (χ0n) is 19.4. The van der Waals surface area contributed by atoms with E-state index in [1.54, 1.807) is 6.20 Å². The van der Waals surface area contributed by atoms with E-state index in [1.807, 2.05) is 18.2 Å². The number of ketones is 1. The molecule has 33 heavy (non-hydrogen) atoms. The quantitative estimate of drug-likeness (QED) is 0.663. The summed E-state index contributed by atoms with van der Waals surface area (Å²) in [6.45, 7) is 4.27. The smallest absolute Gasteiger partial charge is 0.246 e. The van der Waals surface area contributed by atoms with E-state index in [0.29, 0.717) is 24.8 Å². The van der Waals surface area contributed by atoms with Gasteiger partial charge in [0, 0.05) is 52.3 Å². The Morgan fingerprint density at radius 1 is 1.21 bits per heavy atom. The minimum Gasteiger partial charge on any atom is -0.393 e. The molecule has 2 heterocycles. The molecule has 0 bridgehead atoms. The fourth-order valence-electron chi connectivity index (χ4n) is 5.71. The molecule has 174 valence electrons. The van der Waals surface area contributed by atoms with Crippen LogP contribution in [0.1, 0.15) is 74.8 Å². The normalized spacial score (nSPS) is 25.1. The van der Waals surface area contributed by atoms with Gasteiger partial charge in [0.2, 0.25) is 5.91 Å². The van der Waals surface area contributed by atoms with E-state index in [2.05, 4.69) is 28.7 Å². The fourth-order valence-corrected chi connectivity index (χ4v) is 5.71. The lowest BCUT2D eigenvalue weighted by Gasteiger charge is -2.32. The topological polar surface area (TPSA) is 110 Å². The Bertz CT molecular complexity index is 1200. The lowest BCUT2D eigenvalue weighted by molar-refractivity contribution is -0.114. The van der Waals surface area contributed by atoms with Crippen LogP contribution in [0.4, 0.5) is 0 Å². The van der Waals surface area contributed by atoms with Crippen molar-refractivity contribution in [3.63, 3.8) is 0 Å². The van der Waals surface area contributed by atoms with E-state index >= 15 is 0 Å². The molecule has 2 aromatic heterocycles. The molecule has 0 spiro atoms. The lowest BCUT2D eigenvalue weighted by Crippen LogP contribution is -2.36. The molecule has 0 aliphatic heterocycles. The van der Waals surface area contributed by atoms with Gasteiger partial charge in [-0.3, -0.25) is 9.59 Å². The summed E-state index contributed by atoms with van der Waals surface area (Å²) in [5.74, 6) is -0.237. The summed E-state index contributed by atoms with van der Waals surface area (Å²) in [6.07, 6.45) is 9.26. The summed E-state index contributed by atoms with van der Waals surface area (Å²) in [5, 5.41) is 14.3. The van der Waals surface area contributed by atoms with Crippen LogP contribution in [0, 0.1) is 5.41 Å². The number of Topliss-reactive ketones (excluding diaryl/α,β-unsaturated/α-hetero) is 1. The molecule has 5 rings (SSSR count). The highest BCUT2D eigenvalue weighted by molar-refractivity contribution is 6.10. The van der Waals surface area contributed by atoms with E-state index < -0.39 is 5.91 Å². The maximum Gasteiger partial charge on any atom is 0.246 e. The van der Waals surface area contributed by atoms with Crippen molar-refractivity contribution in [2.24, 2.45) is 11.1 Å². The Labute approximate surface area is 193 Å². The summed E-state index contributed by atoms with van der Waals surface area (Å²) < 4.78 is 2.15. The van der Waals surface area contributed by atoms with Gasteiger partial charge >= 0.3 is 0 Å². The molecule has 1 amide bonds. The third kappa shape index (κ3) is 3.99. The molecule has 0 unspecified atom stereocenters. The summed E-state index contributed by atoms with van der Waals surface area (Å²) in [4.78, 5) is 30.0. The zero-order chi connectivity index (χ0) is 23.3. The Hall–Kier alpha value is -2.93. The molecular formula is C26H32N4O3. The number of pyridine rings is 1. The number of carbonyl (C=O) groups is 2. The molecule has 0 aromatic carbocycles. The van der Waals surface area contributed by atoms with Crippen molar-refractivity contribution in [3.8, 4) is 0 Å². The van der Waals surface area contributed by atoms with Crippen molar-refractivity contribution in [1.29, 1.82) is 0 Å². The van der Waals surface area contributed by atoms with Crippen LogP contribution < -0.4 is 11.1 Å². The number of aliphatic hydroxyl groups is 1. The first-order chi connectivity index (χ1) is 15.7. The summed E-state index contributed by atoms with van der Waals surface area (Å²) >= 11 is 0. The molecule has 4 N–H and O–H groups in total. The van der Waals surface area contributed by atoms with E-state index in [1.165, 1.54) is 0 Å². The zero-order valence-corrected chi connectivity index (χ0v) is 19.4. The fraction of sp³-hybridized carbons (Fsp3) is 0.500. The summed E-state index contributed by atoms with van der Waals surface area (Å²) in [6, 6.07) is 4.06. The number of carbonyl (C=O) groups excluding carboxylic acids is 2. The SMILES string of the molecule is CC1(C)CC(=O)c2c(n(C3=CC(NC4CCC(O)CC4)=C(C(N)=O)CC3)c3ncccc23)C1. The first kappa shape index (κ1) is 21.9. The number of hydrogen-bond acceptors (Lipinski definition) is 5. The van der Waals surface area contributed by atoms with Gasteiger partial charge in [0.25, 0.3) is 0 Å². The first-order valence-corrected chi connectivity index (χ1v) is 11.9.